The lowest BCUT2D eigenvalue weighted by atomic mass is 10.1. The summed E-state index contributed by atoms with van der Waals surface area (Å²) in [4.78, 5) is 14.5. The molecule has 0 bridgehead atoms. The van der Waals surface area contributed by atoms with Crippen LogP contribution in [0.25, 0.3) is 0 Å². The lowest BCUT2D eigenvalue weighted by Crippen LogP contribution is -2.56. The maximum atomic E-state index is 12.6. The lowest BCUT2D eigenvalue weighted by molar-refractivity contribution is 0.0615. The van der Waals surface area contributed by atoms with Crippen LogP contribution >= 0.6 is 0 Å². The average Bonchev–Trinajstić information content (AvgIpc) is 2.72. The first kappa shape index (κ1) is 13.1. The molecule has 0 spiro atoms. The fourth-order valence-corrected chi connectivity index (χ4v) is 2.43. The summed E-state index contributed by atoms with van der Waals surface area (Å²) in [7, 11) is 1.86. The van der Waals surface area contributed by atoms with Crippen LogP contribution in [0.4, 0.5) is 0 Å². The first-order valence-corrected chi connectivity index (χ1v) is 6.59. The molecule has 2 heterocycles. The van der Waals surface area contributed by atoms with Crippen molar-refractivity contribution >= 4 is 5.91 Å². The van der Waals surface area contributed by atoms with E-state index in [-0.39, 0.29) is 11.9 Å². The van der Waals surface area contributed by atoms with E-state index in [1.165, 1.54) is 0 Å². The van der Waals surface area contributed by atoms with Gasteiger partial charge in [-0.1, -0.05) is 6.92 Å². The molecule has 1 aromatic rings. The fraction of sp³-hybridized carbons (Fsp3) is 0.692. The Morgan fingerprint density at radius 3 is 2.94 bits per heavy atom. The molecule has 1 fully saturated rings. The van der Waals surface area contributed by atoms with Gasteiger partial charge in [0.2, 0.25) is 0 Å². The molecule has 0 aliphatic carbocycles. The summed E-state index contributed by atoms with van der Waals surface area (Å²) in [6, 6.07) is 0.588. The summed E-state index contributed by atoms with van der Waals surface area (Å²) >= 11 is 0. The molecule has 2 unspecified atom stereocenters. The summed E-state index contributed by atoms with van der Waals surface area (Å²) in [6.45, 7) is 7.84. The molecule has 1 N–H and O–H groups in total. The van der Waals surface area contributed by atoms with Crippen LogP contribution in [0, 0.1) is 0 Å². The average molecular weight is 250 g/mol. The van der Waals surface area contributed by atoms with Crippen LogP contribution in [0.15, 0.2) is 6.20 Å². The number of aryl methyl sites for hydroxylation is 2. The van der Waals surface area contributed by atoms with Crippen LogP contribution < -0.4 is 5.32 Å². The topological polar surface area (TPSA) is 50.2 Å². The van der Waals surface area contributed by atoms with Gasteiger partial charge in [-0.05, 0) is 20.3 Å². The normalized spacial score (nSPS) is 24.3. The Balaban J connectivity index is 2.24. The zero-order chi connectivity index (χ0) is 13.3. The van der Waals surface area contributed by atoms with Crippen LogP contribution in [-0.4, -0.2) is 45.8 Å². The van der Waals surface area contributed by atoms with Gasteiger partial charge in [-0.25, -0.2) is 0 Å². The monoisotopic (exact) mass is 250 g/mol. The third-order valence-corrected chi connectivity index (χ3v) is 3.50. The number of aromatic nitrogens is 2. The zero-order valence-corrected chi connectivity index (χ0v) is 11.6. The molecule has 1 saturated heterocycles. The third kappa shape index (κ3) is 2.41. The van der Waals surface area contributed by atoms with Crippen LogP contribution in [-0.2, 0) is 13.5 Å². The maximum Gasteiger partial charge on any atom is 0.257 e. The van der Waals surface area contributed by atoms with Crippen molar-refractivity contribution in [1.29, 1.82) is 0 Å². The van der Waals surface area contributed by atoms with E-state index in [0.29, 0.717) is 6.04 Å². The Morgan fingerprint density at radius 1 is 1.56 bits per heavy atom. The third-order valence-electron chi connectivity index (χ3n) is 3.50. The second-order valence-corrected chi connectivity index (χ2v) is 5.13. The highest BCUT2D eigenvalue weighted by molar-refractivity contribution is 5.95. The number of amides is 1. The Hall–Kier alpha value is -1.36. The molecule has 1 amide bonds. The highest BCUT2D eigenvalue weighted by Crippen LogP contribution is 2.15. The largest absolute Gasteiger partial charge is 0.333 e. The van der Waals surface area contributed by atoms with Gasteiger partial charge in [0, 0.05) is 38.4 Å². The van der Waals surface area contributed by atoms with E-state index in [1.54, 1.807) is 4.68 Å². The molecule has 0 radical (unpaired) electrons. The smallest absolute Gasteiger partial charge is 0.257 e. The Labute approximate surface area is 108 Å². The predicted octanol–water partition coefficient (Wildman–Crippen LogP) is 0.805. The molecule has 0 saturated carbocycles. The minimum Gasteiger partial charge on any atom is -0.333 e. The van der Waals surface area contributed by atoms with Crippen LogP contribution in [0.5, 0.6) is 0 Å². The van der Waals surface area contributed by atoms with Crippen molar-refractivity contribution in [1.82, 2.24) is 20.0 Å². The molecule has 1 aliphatic rings. The van der Waals surface area contributed by atoms with Gasteiger partial charge < -0.3 is 10.2 Å². The summed E-state index contributed by atoms with van der Waals surface area (Å²) in [5.41, 5.74) is 1.64. The van der Waals surface area contributed by atoms with Gasteiger partial charge in [0.05, 0.1) is 11.3 Å². The number of carbonyl (C=O) groups excluding carboxylic acids is 1. The molecule has 5 heteroatoms. The summed E-state index contributed by atoms with van der Waals surface area (Å²) in [5.74, 6) is 0.112. The van der Waals surface area contributed by atoms with Gasteiger partial charge in [0.15, 0.2) is 0 Å². The van der Waals surface area contributed by atoms with Gasteiger partial charge in [-0.15, -0.1) is 0 Å². The van der Waals surface area contributed by atoms with Crippen molar-refractivity contribution in [3.05, 3.63) is 17.5 Å². The van der Waals surface area contributed by atoms with Crippen molar-refractivity contribution in [2.24, 2.45) is 7.05 Å². The van der Waals surface area contributed by atoms with Crippen molar-refractivity contribution < 1.29 is 4.79 Å². The quantitative estimate of drug-likeness (QED) is 0.845. The number of nitrogens with one attached hydrogen (secondary N) is 1. The van der Waals surface area contributed by atoms with E-state index >= 15 is 0 Å². The van der Waals surface area contributed by atoms with Crippen molar-refractivity contribution in [3.8, 4) is 0 Å². The molecule has 5 nitrogen and oxygen atoms in total. The van der Waals surface area contributed by atoms with Gasteiger partial charge in [0.25, 0.3) is 5.91 Å². The molecule has 2 rings (SSSR count). The Kier molecular flexibility index (Phi) is 3.71. The standard InChI is InChI=1S/C13H22N4O/c1-5-12-11(8-16(4)15-12)13(18)17-7-9(2)14-6-10(17)3/h8-10,14H,5-7H2,1-4H3. The Bertz CT molecular complexity index is 440. The summed E-state index contributed by atoms with van der Waals surface area (Å²) < 4.78 is 1.72. The van der Waals surface area contributed by atoms with E-state index in [9.17, 15) is 4.79 Å². The molecule has 18 heavy (non-hydrogen) atoms. The zero-order valence-electron chi connectivity index (χ0n) is 11.6. The van der Waals surface area contributed by atoms with E-state index < -0.39 is 0 Å². The molecule has 0 aromatic carbocycles. The molecule has 1 aromatic heterocycles. The molecule has 2 atom stereocenters. The Morgan fingerprint density at radius 2 is 2.28 bits per heavy atom. The van der Waals surface area contributed by atoms with Gasteiger partial charge in [-0.2, -0.15) is 5.10 Å². The first-order chi connectivity index (χ1) is 8.52. The van der Waals surface area contributed by atoms with Gasteiger partial charge >= 0.3 is 0 Å². The highest BCUT2D eigenvalue weighted by Gasteiger charge is 2.29. The summed E-state index contributed by atoms with van der Waals surface area (Å²) in [6.07, 6.45) is 2.62. The first-order valence-electron chi connectivity index (χ1n) is 6.59. The van der Waals surface area contributed by atoms with Crippen LogP contribution in [0.2, 0.25) is 0 Å². The maximum absolute atomic E-state index is 12.6. The van der Waals surface area contributed by atoms with E-state index in [1.807, 2.05) is 25.1 Å². The molecular weight excluding hydrogens is 228 g/mol. The number of carbonyl (C=O) groups is 1. The predicted molar refractivity (Wildman–Crippen MR) is 70.5 cm³/mol. The number of rotatable bonds is 2. The van der Waals surface area contributed by atoms with E-state index in [0.717, 1.165) is 30.8 Å². The van der Waals surface area contributed by atoms with Gasteiger partial charge in [-0.3, -0.25) is 9.48 Å². The van der Waals surface area contributed by atoms with Crippen molar-refractivity contribution in [2.75, 3.05) is 13.1 Å². The summed E-state index contributed by atoms with van der Waals surface area (Å²) in [5, 5.41) is 7.73. The number of piperazine rings is 1. The number of nitrogens with zero attached hydrogens (tertiary/aromatic N) is 3. The minimum atomic E-state index is 0.112. The molecular formula is C13H22N4O. The lowest BCUT2D eigenvalue weighted by Gasteiger charge is -2.37. The second-order valence-electron chi connectivity index (χ2n) is 5.13. The van der Waals surface area contributed by atoms with E-state index in [4.69, 9.17) is 0 Å². The van der Waals surface area contributed by atoms with Crippen molar-refractivity contribution in [2.45, 2.75) is 39.3 Å². The SMILES string of the molecule is CCc1nn(C)cc1C(=O)N1CC(C)NCC1C. The highest BCUT2D eigenvalue weighted by atomic mass is 16.2. The van der Waals surface area contributed by atoms with E-state index in [2.05, 4.69) is 24.3 Å². The van der Waals surface area contributed by atoms with Crippen LogP contribution in [0.1, 0.15) is 36.8 Å². The van der Waals surface area contributed by atoms with Crippen molar-refractivity contribution in [3.63, 3.8) is 0 Å². The van der Waals surface area contributed by atoms with Gasteiger partial charge in [0.1, 0.15) is 0 Å². The fourth-order valence-electron chi connectivity index (χ4n) is 2.43. The number of hydrogen-bond acceptors (Lipinski definition) is 3. The minimum absolute atomic E-state index is 0.112. The molecule has 100 valence electrons. The van der Waals surface area contributed by atoms with Crippen LogP contribution in [0.3, 0.4) is 0 Å². The molecule has 1 aliphatic heterocycles. The second kappa shape index (κ2) is 5.10. The number of hydrogen-bond donors (Lipinski definition) is 1.